The summed E-state index contributed by atoms with van der Waals surface area (Å²) >= 11 is 1.90. The normalized spacial score (nSPS) is 14.9. The van der Waals surface area contributed by atoms with Crippen molar-refractivity contribution in [2.45, 2.75) is 32.6 Å². The average Bonchev–Trinajstić information content (AvgIpc) is 2.76. The molecular formula is C14H18N2S. The lowest BCUT2D eigenvalue weighted by atomic mass is 9.96. The maximum Gasteiger partial charge on any atom is 0.125 e. The van der Waals surface area contributed by atoms with Gasteiger partial charge in [-0.15, -0.1) is 11.3 Å². The number of pyridine rings is 1. The SMILES string of the molecule is CCN(C)c1ccnc2sc3c(c12)CCCC3. The molecule has 0 aromatic carbocycles. The van der Waals surface area contributed by atoms with Gasteiger partial charge in [-0.05, 0) is 44.2 Å². The molecule has 0 N–H and O–H groups in total. The maximum atomic E-state index is 4.56. The summed E-state index contributed by atoms with van der Waals surface area (Å²) in [7, 11) is 2.17. The van der Waals surface area contributed by atoms with Gasteiger partial charge in [-0.3, -0.25) is 0 Å². The quantitative estimate of drug-likeness (QED) is 0.804. The molecule has 17 heavy (non-hydrogen) atoms. The van der Waals surface area contributed by atoms with E-state index in [1.54, 1.807) is 10.4 Å². The van der Waals surface area contributed by atoms with Crippen molar-refractivity contribution in [2.75, 3.05) is 18.5 Å². The highest BCUT2D eigenvalue weighted by Gasteiger charge is 2.19. The van der Waals surface area contributed by atoms with Crippen LogP contribution >= 0.6 is 11.3 Å². The Balaban J connectivity index is 2.25. The molecule has 0 fully saturated rings. The van der Waals surface area contributed by atoms with E-state index in [2.05, 4.69) is 29.9 Å². The highest BCUT2D eigenvalue weighted by Crippen LogP contribution is 2.39. The van der Waals surface area contributed by atoms with Gasteiger partial charge in [0.1, 0.15) is 4.83 Å². The highest BCUT2D eigenvalue weighted by atomic mass is 32.1. The molecule has 3 heteroatoms. The van der Waals surface area contributed by atoms with Gasteiger partial charge in [0.2, 0.25) is 0 Å². The van der Waals surface area contributed by atoms with Crippen molar-refractivity contribution in [2.24, 2.45) is 0 Å². The Labute approximate surface area is 106 Å². The van der Waals surface area contributed by atoms with E-state index in [-0.39, 0.29) is 0 Å². The second kappa shape index (κ2) is 4.30. The van der Waals surface area contributed by atoms with Crippen LogP contribution in [0.1, 0.15) is 30.2 Å². The molecule has 0 saturated carbocycles. The van der Waals surface area contributed by atoms with Crippen LogP contribution in [0.3, 0.4) is 0 Å². The van der Waals surface area contributed by atoms with E-state index in [4.69, 9.17) is 0 Å². The maximum absolute atomic E-state index is 4.56. The van der Waals surface area contributed by atoms with Crippen LogP contribution in [0.15, 0.2) is 12.3 Å². The van der Waals surface area contributed by atoms with Gasteiger partial charge in [0.15, 0.2) is 0 Å². The third-order valence-electron chi connectivity index (χ3n) is 3.72. The van der Waals surface area contributed by atoms with E-state index in [1.165, 1.54) is 41.6 Å². The summed E-state index contributed by atoms with van der Waals surface area (Å²) in [6.07, 6.45) is 7.13. The summed E-state index contributed by atoms with van der Waals surface area (Å²) < 4.78 is 0. The van der Waals surface area contributed by atoms with Crippen LogP contribution in [0.4, 0.5) is 5.69 Å². The molecule has 0 atom stereocenters. The highest BCUT2D eigenvalue weighted by molar-refractivity contribution is 7.19. The Morgan fingerprint density at radius 1 is 1.35 bits per heavy atom. The lowest BCUT2D eigenvalue weighted by Crippen LogP contribution is -2.16. The molecule has 0 radical (unpaired) electrons. The molecule has 0 saturated heterocycles. The molecule has 1 aliphatic carbocycles. The van der Waals surface area contributed by atoms with Crippen LogP contribution in [0.5, 0.6) is 0 Å². The fraction of sp³-hybridized carbons (Fsp3) is 0.500. The van der Waals surface area contributed by atoms with Crippen LogP contribution in [0.2, 0.25) is 0 Å². The smallest absolute Gasteiger partial charge is 0.125 e. The number of anilines is 1. The van der Waals surface area contributed by atoms with Crippen molar-refractivity contribution >= 4 is 27.2 Å². The van der Waals surface area contributed by atoms with E-state index >= 15 is 0 Å². The lowest BCUT2D eigenvalue weighted by Gasteiger charge is -2.19. The summed E-state index contributed by atoms with van der Waals surface area (Å²) in [5.41, 5.74) is 2.94. The summed E-state index contributed by atoms with van der Waals surface area (Å²) in [5.74, 6) is 0. The minimum atomic E-state index is 1.05. The summed E-state index contributed by atoms with van der Waals surface area (Å²) in [5, 5.41) is 1.43. The van der Waals surface area contributed by atoms with Crippen molar-refractivity contribution in [1.29, 1.82) is 0 Å². The molecule has 0 bridgehead atoms. The first-order chi connectivity index (χ1) is 8.31. The van der Waals surface area contributed by atoms with E-state index in [9.17, 15) is 0 Å². The monoisotopic (exact) mass is 246 g/mol. The minimum Gasteiger partial charge on any atom is -0.374 e. The number of hydrogen-bond donors (Lipinski definition) is 0. The number of thiophene rings is 1. The van der Waals surface area contributed by atoms with Crippen molar-refractivity contribution in [3.05, 3.63) is 22.7 Å². The molecule has 3 rings (SSSR count). The number of aromatic nitrogens is 1. The molecule has 1 aliphatic rings. The number of rotatable bonds is 2. The zero-order chi connectivity index (χ0) is 11.8. The van der Waals surface area contributed by atoms with Crippen molar-refractivity contribution < 1.29 is 0 Å². The number of hydrogen-bond acceptors (Lipinski definition) is 3. The van der Waals surface area contributed by atoms with Gasteiger partial charge in [0.05, 0.1) is 0 Å². The van der Waals surface area contributed by atoms with Crippen LogP contribution in [0, 0.1) is 0 Å². The van der Waals surface area contributed by atoms with Gasteiger partial charge >= 0.3 is 0 Å². The van der Waals surface area contributed by atoms with Gasteiger partial charge in [-0.25, -0.2) is 4.98 Å². The molecule has 2 aromatic rings. The van der Waals surface area contributed by atoms with Crippen LogP contribution in [0.25, 0.3) is 10.2 Å². The van der Waals surface area contributed by atoms with Crippen LogP contribution in [-0.4, -0.2) is 18.6 Å². The van der Waals surface area contributed by atoms with Gasteiger partial charge < -0.3 is 4.90 Å². The van der Waals surface area contributed by atoms with Gasteiger partial charge in [-0.2, -0.15) is 0 Å². The Morgan fingerprint density at radius 2 is 2.18 bits per heavy atom. The van der Waals surface area contributed by atoms with Gasteiger partial charge in [0, 0.05) is 35.7 Å². The van der Waals surface area contributed by atoms with Gasteiger partial charge in [0.25, 0.3) is 0 Å². The molecule has 0 aliphatic heterocycles. The molecule has 0 amide bonds. The molecule has 90 valence electrons. The molecule has 0 unspecified atom stereocenters. The van der Waals surface area contributed by atoms with Crippen LogP contribution in [-0.2, 0) is 12.8 Å². The summed E-state index contributed by atoms with van der Waals surface area (Å²) in [6, 6.07) is 2.16. The standard InChI is InChI=1S/C14H18N2S/c1-3-16(2)11-8-9-15-14-13(11)10-6-4-5-7-12(10)17-14/h8-9H,3-7H2,1-2H3. The fourth-order valence-corrected chi connectivity index (χ4v) is 3.90. The predicted molar refractivity (Wildman–Crippen MR) is 75.2 cm³/mol. The first kappa shape index (κ1) is 11.0. The molecule has 2 heterocycles. The molecule has 0 spiro atoms. The van der Waals surface area contributed by atoms with E-state index in [1.807, 2.05) is 17.5 Å². The Kier molecular flexibility index (Phi) is 2.79. The fourth-order valence-electron chi connectivity index (χ4n) is 2.65. The molecule has 2 nitrogen and oxygen atoms in total. The van der Waals surface area contributed by atoms with E-state index in [0.717, 1.165) is 6.54 Å². The number of nitrogens with zero attached hydrogens (tertiary/aromatic N) is 2. The van der Waals surface area contributed by atoms with Crippen molar-refractivity contribution in [3.63, 3.8) is 0 Å². The largest absolute Gasteiger partial charge is 0.374 e. The van der Waals surface area contributed by atoms with Crippen molar-refractivity contribution in [1.82, 2.24) is 4.98 Å². The molecular weight excluding hydrogens is 228 g/mol. The third kappa shape index (κ3) is 1.73. The first-order valence-corrected chi connectivity index (χ1v) is 7.23. The minimum absolute atomic E-state index is 1.05. The van der Waals surface area contributed by atoms with Gasteiger partial charge in [-0.1, -0.05) is 0 Å². The predicted octanol–water partition coefficient (Wildman–Crippen LogP) is 3.63. The van der Waals surface area contributed by atoms with E-state index < -0.39 is 0 Å². The first-order valence-electron chi connectivity index (χ1n) is 6.41. The van der Waals surface area contributed by atoms with E-state index in [0.29, 0.717) is 0 Å². The lowest BCUT2D eigenvalue weighted by molar-refractivity contribution is 0.700. The summed E-state index contributed by atoms with van der Waals surface area (Å²) in [4.78, 5) is 9.69. The second-order valence-electron chi connectivity index (χ2n) is 4.74. The third-order valence-corrected chi connectivity index (χ3v) is 4.92. The number of fused-ring (bicyclic) bond motifs is 3. The second-order valence-corrected chi connectivity index (χ2v) is 5.82. The Hall–Kier alpha value is -1.09. The number of aryl methyl sites for hydroxylation is 2. The summed E-state index contributed by atoms with van der Waals surface area (Å²) in [6.45, 7) is 3.24. The average molecular weight is 246 g/mol. The van der Waals surface area contributed by atoms with Crippen molar-refractivity contribution in [3.8, 4) is 0 Å². The zero-order valence-corrected chi connectivity index (χ0v) is 11.3. The Morgan fingerprint density at radius 3 is 3.00 bits per heavy atom. The van der Waals surface area contributed by atoms with Crippen LogP contribution < -0.4 is 4.90 Å². The topological polar surface area (TPSA) is 16.1 Å². The Bertz CT molecular complexity index is 544. The molecule has 2 aromatic heterocycles. The zero-order valence-electron chi connectivity index (χ0n) is 10.5.